The van der Waals surface area contributed by atoms with Crippen LogP contribution in [0.4, 0.5) is 5.69 Å². The molecule has 2 aromatic carbocycles. The molecule has 0 aliphatic rings. The first-order valence-corrected chi connectivity index (χ1v) is 8.67. The molecule has 1 amide bonds. The zero-order valence-corrected chi connectivity index (χ0v) is 15.4. The van der Waals surface area contributed by atoms with Crippen LogP contribution in [-0.2, 0) is 4.79 Å². The third-order valence-electron chi connectivity index (χ3n) is 3.79. The average Bonchev–Trinajstić information content (AvgIpc) is 2.67. The van der Waals surface area contributed by atoms with Gasteiger partial charge in [-0.3, -0.25) is 4.79 Å². The van der Waals surface area contributed by atoms with Crippen LogP contribution in [0.15, 0.2) is 48.5 Å². The second-order valence-electron chi connectivity index (χ2n) is 5.79. The molecular weight excluding hydrogens is 346 g/mol. The van der Waals surface area contributed by atoms with Gasteiger partial charge in [0.15, 0.2) is 11.5 Å². The summed E-state index contributed by atoms with van der Waals surface area (Å²) in [6, 6.07) is 11.6. The molecule has 0 saturated carbocycles. The first kappa shape index (κ1) is 20.0. The van der Waals surface area contributed by atoms with Gasteiger partial charge in [-0.2, -0.15) is 0 Å². The summed E-state index contributed by atoms with van der Waals surface area (Å²) in [5, 5.41) is 11.7. The summed E-state index contributed by atoms with van der Waals surface area (Å²) >= 11 is 0. The molecule has 0 atom stereocenters. The summed E-state index contributed by atoms with van der Waals surface area (Å²) in [5.74, 6) is -0.281. The molecule has 27 heavy (non-hydrogen) atoms. The molecule has 0 aliphatic heterocycles. The van der Waals surface area contributed by atoms with Crippen molar-refractivity contribution >= 4 is 23.6 Å². The summed E-state index contributed by atoms with van der Waals surface area (Å²) in [7, 11) is 1.56. The Kier molecular flexibility index (Phi) is 7.43. The molecule has 0 radical (unpaired) electrons. The van der Waals surface area contributed by atoms with E-state index in [4.69, 9.17) is 14.6 Å². The predicted octanol–water partition coefficient (Wildman–Crippen LogP) is 4.22. The van der Waals surface area contributed by atoms with E-state index in [0.717, 1.165) is 18.4 Å². The van der Waals surface area contributed by atoms with Gasteiger partial charge in [-0.05, 0) is 42.3 Å². The van der Waals surface area contributed by atoms with Gasteiger partial charge in [0, 0.05) is 6.08 Å². The number of amides is 1. The number of rotatable bonds is 9. The molecule has 0 aliphatic carbocycles. The standard InChI is InChI=1S/C21H23NO5/c1-3-4-13-27-18-11-9-15(14-19(18)26-2)10-12-20(23)22-17-8-6-5-7-16(17)21(24)25/h5-12,14H,3-4,13H2,1-2H3,(H,22,23)(H,24,25)/b12-10+. The highest BCUT2D eigenvalue weighted by atomic mass is 16.5. The Bertz CT molecular complexity index is 829. The van der Waals surface area contributed by atoms with E-state index in [0.29, 0.717) is 18.1 Å². The molecular formula is C21H23NO5. The van der Waals surface area contributed by atoms with Crippen LogP contribution in [-0.4, -0.2) is 30.7 Å². The van der Waals surface area contributed by atoms with Crippen LogP contribution in [0, 0.1) is 0 Å². The van der Waals surface area contributed by atoms with Crippen LogP contribution in [0.3, 0.4) is 0 Å². The van der Waals surface area contributed by atoms with Gasteiger partial charge in [0.25, 0.3) is 0 Å². The maximum atomic E-state index is 12.1. The van der Waals surface area contributed by atoms with Crippen LogP contribution < -0.4 is 14.8 Å². The number of nitrogens with one attached hydrogen (secondary N) is 1. The molecule has 0 saturated heterocycles. The zero-order chi connectivity index (χ0) is 19.6. The maximum absolute atomic E-state index is 12.1. The Morgan fingerprint density at radius 2 is 1.93 bits per heavy atom. The Morgan fingerprint density at radius 3 is 2.63 bits per heavy atom. The smallest absolute Gasteiger partial charge is 0.337 e. The number of aromatic carboxylic acids is 1. The molecule has 6 nitrogen and oxygen atoms in total. The quantitative estimate of drug-likeness (QED) is 0.510. The molecule has 0 unspecified atom stereocenters. The van der Waals surface area contributed by atoms with Gasteiger partial charge < -0.3 is 19.9 Å². The van der Waals surface area contributed by atoms with Crippen LogP contribution >= 0.6 is 0 Å². The topological polar surface area (TPSA) is 84.9 Å². The van der Waals surface area contributed by atoms with Crippen LogP contribution in [0.1, 0.15) is 35.7 Å². The van der Waals surface area contributed by atoms with Gasteiger partial charge in [0.2, 0.25) is 5.91 Å². The number of carboxylic acids is 1. The molecule has 2 rings (SSSR count). The minimum absolute atomic E-state index is 0.0366. The van der Waals surface area contributed by atoms with E-state index in [2.05, 4.69) is 12.2 Å². The highest BCUT2D eigenvalue weighted by molar-refractivity contribution is 6.06. The second-order valence-corrected chi connectivity index (χ2v) is 5.79. The third-order valence-corrected chi connectivity index (χ3v) is 3.79. The van der Waals surface area contributed by atoms with Crippen molar-refractivity contribution in [2.24, 2.45) is 0 Å². The number of methoxy groups -OCH3 is 1. The summed E-state index contributed by atoms with van der Waals surface area (Å²) < 4.78 is 11.0. The number of carbonyl (C=O) groups is 2. The maximum Gasteiger partial charge on any atom is 0.337 e. The number of para-hydroxylation sites is 1. The fraction of sp³-hybridized carbons (Fsp3) is 0.238. The Hall–Kier alpha value is -3.28. The Balaban J connectivity index is 2.06. The van der Waals surface area contributed by atoms with Crippen molar-refractivity contribution in [2.45, 2.75) is 19.8 Å². The van der Waals surface area contributed by atoms with Gasteiger partial charge in [-0.15, -0.1) is 0 Å². The minimum atomic E-state index is -1.10. The molecule has 6 heteroatoms. The summed E-state index contributed by atoms with van der Waals surface area (Å²) in [4.78, 5) is 23.3. The second kappa shape index (κ2) is 10.0. The third kappa shape index (κ3) is 5.88. The van der Waals surface area contributed by atoms with E-state index in [1.807, 2.05) is 6.07 Å². The van der Waals surface area contributed by atoms with Crippen molar-refractivity contribution in [1.29, 1.82) is 0 Å². The molecule has 0 heterocycles. The molecule has 0 fully saturated rings. The van der Waals surface area contributed by atoms with E-state index >= 15 is 0 Å². The van der Waals surface area contributed by atoms with Crippen LogP contribution in [0.25, 0.3) is 6.08 Å². The number of hydrogen-bond donors (Lipinski definition) is 2. The predicted molar refractivity (Wildman–Crippen MR) is 104 cm³/mol. The van der Waals surface area contributed by atoms with E-state index < -0.39 is 11.9 Å². The molecule has 2 N–H and O–H groups in total. The molecule has 0 spiro atoms. The Morgan fingerprint density at radius 1 is 1.15 bits per heavy atom. The number of carboxylic acid groups (broad SMARTS) is 1. The lowest BCUT2D eigenvalue weighted by molar-refractivity contribution is -0.111. The highest BCUT2D eigenvalue weighted by Crippen LogP contribution is 2.28. The van der Waals surface area contributed by atoms with Gasteiger partial charge in [0.05, 0.1) is 25.0 Å². The number of carbonyl (C=O) groups excluding carboxylic acids is 1. The van der Waals surface area contributed by atoms with Gasteiger partial charge in [-0.1, -0.05) is 31.5 Å². The van der Waals surface area contributed by atoms with Crippen molar-refractivity contribution < 1.29 is 24.2 Å². The summed E-state index contributed by atoms with van der Waals surface area (Å²) in [6.07, 6.45) is 4.97. The monoisotopic (exact) mass is 369 g/mol. The molecule has 0 bridgehead atoms. The van der Waals surface area contributed by atoms with Crippen molar-refractivity contribution in [2.75, 3.05) is 19.0 Å². The fourth-order valence-corrected chi connectivity index (χ4v) is 2.36. The first-order chi connectivity index (χ1) is 13.0. The van der Waals surface area contributed by atoms with Gasteiger partial charge >= 0.3 is 5.97 Å². The van der Waals surface area contributed by atoms with Crippen molar-refractivity contribution in [3.8, 4) is 11.5 Å². The van der Waals surface area contributed by atoms with Crippen molar-refractivity contribution in [1.82, 2.24) is 0 Å². The van der Waals surface area contributed by atoms with Crippen molar-refractivity contribution in [3.63, 3.8) is 0 Å². The van der Waals surface area contributed by atoms with Crippen LogP contribution in [0.2, 0.25) is 0 Å². The summed E-state index contributed by atoms with van der Waals surface area (Å²) in [5.41, 5.74) is 1.04. The van der Waals surface area contributed by atoms with E-state index in [1.54, 1.807) is 43.5 Å². The fourth-order valence-electron chi connectivity index (χ4n) is 2.36. The lowest BCUT2D eigenvalue weighted by atomic mass is 10.1. The highest BCUT2D eigenvalue weighted by Gasteiger charge is 2.10. The van der Waals surface area contributed by atoms with Crippen LogP contribution in [0.5, 0.6) is 11.5 Å². The first-order valence-electron chi connectivity index (χ1n) is 8.67. The summed E-state index contributed by atoms with van der Waals surface area (Å²) in [6.45, 7) is 2.71. The van der Waals surface area contributed by atoms with E-state index in [-0.39, 0.29) is 11.3 Å². The minimum Gasteiger partial charge on any atom is -0.493 e. The molecule has 142 valence electrons. The Labute approximate surface area is 158 Å². The molecule has 0 aromatic heterocycles. The zero-order valence-electron chi connectivity index (χ0n) is 15.4. The lowest BCUT2D eigenvalue weighted by Gasteiger charge is -2.11. The van der Waals surface area contributed by atoms with Gasteiger partial charge in [0.1, 0.15) is 0 Å². The number of anilines is 1. The SMILES string of the molecule is CCCCOc1ccc(/C=C/C(=O)Nc2ccccc2C(=O)O)cc1OC. The van der Waals surface area contributed by atoms with Crippen molar-refractivity contribution in [3.05, 3.63) is 59.7 Å². The number of ether oxygens (including phenoxy) is 2. The van der Waals surface area contributed by atoms with E-state index in [9.17, 15) is 9.59 Å². The largest absolute Gasteiger partial charge is 0.493 e. The normalized spacial score (nSPS) is 10.6. The molecule has 2 aromatic rings. The van der Waals surface area contributed by atoms with E-state index in [1.165, 1.54) is 12.1 Å². The average molecular weight is 369 g/mol. The number of hydrogen-bond acceptors (Lipinski definition) is 4. The van der Waals surface area contributed by atoms with Gasteiger partial charge in [-0.25, -0.2) is 4.79 Å². The lowest BCUT2D eigenvalue weighted by Crippen LogP contribution is -2.11. The number of benzene rings is 2. The number of unbranched alkanes of at least 4 members (excludes halogenated alkanes) is 1.